The van der Waals surface area contributed by atoms with Gasteiger partial charge < -0.3 is 14.2 Å². The summed E-state index contributed by atoms with van der Waals surface area (Å²) in [6.07, 6.45) is 3.56. The summed E-state index contributed by atoms with van der Waals surface area (Å²) in [6, 6.07) is 4.83. The number of nitrogens with zero attached hydrogens (tertiary/aromatic N) is 3. The summed E-state index contributed by atoms with van der Waals surface area (Å²) in [7, 11) is 0. The second kappa shape index (κ2) is 5.45. The number of imidazole rings is 1. The first-order valence-corrected chi connectivity index (χ1v) is 6.59. The fraction of sp³-hybridized carbons (Fsp3) is 0.154. The number of rotatable bonds is 3. The molecule has 0 aromatic carbocycles. The van der Waals surface area contributed by atoms with Gasteiger partial charge in [0.25, 0.3) is 0 Å². The monoisotopic (exact) mass is 305 g/mol. The summed E-state index contributed by atoms with van der Waals surface area (Å²) >= 11 is 5.90. The van der Waals surface area contributed by atoms with Gasteiger partial charge in [-0.1, -0.05) is 16.8 Å². The molecule has 21 heavy (non-hydrogen) atoms. The van der Waals surface area contributed by atoms with E-state index in [1.54, 1.807) is 29.7 Å². The number of aromatic nitrogens is 3. The fourth-order valence-electron chi connectivity index (χ4n) is 1.86. The molecule has 3 heterocycles. The molecule has 8 heteroatoms. The van der Waals surface area contributed by atoms with Crippen molar-refractivity contribution in [2.24, 2.45) is 0 Å². The Hall–Kier alpha value is -2.54. The van der Waals surface area contributed by atoms with Crippen molar-refractivity contribution in [3.63, 3.8) is 0 Å². The van der Waals surface area contributed by atoms with Crippen LogP contribution in [0.5, 0.6) is 0 Å². The van der Waals surface area contributed by atoms with Gasteiger partial charge in [0.1, 0.15) is 11.4 Å². The second-order valence-electron chi connectivity index (χ2n) is 4.48. The SMILES string of the molecule is Cc1cc(NC(=O)NCc2cn3cc(Cl)ccc3n2)no1. The number of pyridine rings is 1. The Morgan fingerprint density at radius 3 is 3.05 bits per heavy atom. The number of nitrogens with one attached hydrogen (secondary N) is 2. The van der Waals surface area contributed by atoms with Crippen LogP contribution in [0.2, 0.25) is 5.02 Å². The smallest absolute Gasteiger partial charge is 0.320 e. The van der Waals surface area contributed by atoms with Crippen LogP contribution in [-0.4, -0.2) is 20.6 Å². The van der Waals surface area contributed by atoms with Crippen LogP contribution in [0.3, 0.4) is 0 Å². The van der Waals surface area contributed by atoms with Gasteiger partial charge in [-0.3, -0.25) is 5.32 Å². The van der Waals surface area contributed by atoms with E-state index in [1.165, 1.54) is 0 Å². The molecule has 0 bridgehead atoms. The van der Waals surface area contributed by atoms with Gasteiger partial charge in [0.15, 0.2) is 5.82 Å². The Kier molecular flexibility index (Phi) is 3.49. The Balaban J connectivity index is 1.61. The normalized spacial score (nSPS) is 10.8. The molecule has 0 saturated heterocycles. The molecule has 2 amide bonds. The quantitative estimate of drug-likeness (QED) is 0.779. The number of aryl methyl sites for hydroxylation is 1. The van der Waals surface area contributed by atoms with Crippen molar-refractivity contribution in [2.45, 2.75) is 13.5 Å². The van der Waals surface area contributed by atoms with Gasteiger partial charge >= 0.3 is 6.03 Å². The maximum atomic E-state index is 11.7. The molecule has 3 aromatic heterocycles. The Bertz CT molecular complexity index is 795. The van der Waals surface area contributed by atoms with E-state index in [9.17, 15) is 4.79 Å². The average molecular weight is 306 g/mol. The van der Waals surface area contributed by atoms with Crippen LogP contribution in [0, 0.1) is 6.92 Å². The summed E-state index contributed by atoms with van der Waals surface area (Å²) in [5, 5.41) is 9.55. The highest BCUT2D eigenvalue weighted by Gasteiger charge is 2.07. The third-order valence-electron chi connectivity index (χ3n) is 2.76. The summed E-state index contributed by atoms with van der Waals surface area (Å²) < 4.78 is 6.66. The van der Waals surface area contributed by atoms with E-state index in [0.717, 1.165) is 11.3 Å². The number of carbonyl (C=O) groups excluding carboxylic acids is 1. The summed E-state index contributed by atoms with van der Waals surface area (Å²) in [6.45, 7) is 2.04. The first-order valence-electron chi connectivity index (χ1n) is 6.21. The zero-order valence-electron chi connectivity index (χ0n) is 11.1. The lowest BCUT2D eigenvalue weighted by Crippen LogP contribution is -2.28. The third-order valence-corrected chi connectivity index (χ3v) is 2.99. The molecule has 0 atom stereocenters. The predicted octanol–water partition coefficient (Wildman–Crippen LogP) is 2.61. The number of urea groups is 1. The maximum absolute atomic E-state index is 11.7. The minimum atomic E-state index is -0.376. The number of hydrogen-bond donors (Lipinski definition) is 2. The van der Waals surface area contributed by atoms with Gasteiger partial charge in [-0.15, -0.1) is 0 Å². The number of fused-ring (bicyclic) bond motifs is 1. The van der Waals surface area contributed by atoms with Crippen LogP contribution >= 0.6 is 11.6 Å². The standard InChI is InChI=1S/C13H12ClN5O2/c1-8-4-11(18-21-8)17-13(20)15-5-10-7-19-6-9(14)2-3-12(19)16-10/h2-4,6-7H,5H2,1H3,(H2,15,17,18,20). The van der Waals surface area contributed by atoms with E-state index < -0.39 is 0 Å². The lowest BCUT2D eigenvalue weighted by Gasteiger charge is -2.02. The zero-order valence-corrected chi connectivity index (χ0v) is 11.9. The lowest BCUT2D eigenvalue weighted by molar-refractivity contribution is 0.251. The molecule has 0 aliphatic rings. The molecule has 0 fully saturated rings. The summed E-state index contributed by atoms with van der Waals surface area (Å²) in [5.41, 5.74) is 1.49. The van der Waals surface area contributed by atoms with Crippen molar-refractivity contribution in [1.29, 1.82) is 0 Å². The highest BCUT2D eigenvalue weighted by atomic mass is 35.5. The molecule has 0 saturated carbocycles. The molecule has 0 aliphatic heterocycles. The number of hydrogen-bond acceptors (Lipinski definition) is 4. The van der Waals surface area contributed by atoms with Crippen LogP contribution in [0.1, 0.15) is 11.5 Å². The first kappa shape index (κ1) is 13.4. The topological polar surface area (TPSA) is 84.5 Å². The van der Waals surface area contributed by atoms with Gasteiger partial charge in [-0.25, -0.2) is 9.78 Å². The van der Waals surface area contributed by atoms with Crippen molar-refractivity contribution >= 4 is 29.1 Å². The van der Waals surface area contributed by atoms with Gasteiger partial charge in [0, 0.05) is 18.5 Å². The molecule has 3 rings (SSSR count). The number of amides is 2. The molecule has 7 nitrogen and oxygen atoms in total. The molecule has 0 aliphatic carbocycles. The lowest BCUT2D eigenvalue weighted by atomic mass is 10.4. The highest BCUT2D eigenvalue weighted by molar-refractivity contribution is 6.30. The van der Waals surface area contributed by atoms with Gasteiger partial charge in [-0.2, -0.15) is 0 Å². The molecule has 0 spiro atoms. The first-order chi connectivity index (χ1) is 10.1. The zero-order chi connectivity index (χ0) is 14.8. The van der Waals surface area contributed by atoms with Crippen LogP contribution in [-0.2, 0) is 6.54 Å². The highest BCUT2D eigenvalue weighted by Crippen LogP contribution is 2.11. The van der Waals surface area contributed by atoms with E-state index >= 15 is 0 Å². The predicted molar refractivity (Wildman–Crippen MR) is 77.3 cm³/mol. The van der Waals surface area contributed by atoms with E-state index in [4.69, 9.17) is 16.1 Å². The minimum Gasteiger partial charge on any atom is -0.360 e. The molecule has 3 aromatic rings. The van der Waals surface area contributed by atoms with E-state index in [0.29, 0.717) is 23.1 Å². The minimum absolute atomic E-state index is 0.294. The van der Waals surface area contributed by atoms with Gasteiger partial charge in [0.2, 0.25) is 0 Å². The van der Waals surface area contributed by atoms with E-state index in [2.05, 4.69) is 20.8 Å². The van der Waals surface area contributed by atoms with Crippen molar-refractivity contribution in [3.05, 3.63) is 47.1 Å². The number of anilines is 1. The Labute approximate surface area is 124 Å². The summed E-state index contributed by atoms with van der Waals surface area (Å²) in [5.74, 6) is 0.995. The Morgan fingerprint density at radius 2 is 2.29 bits per heavy atom. The molecular weight excluding hydrogens is 294 g/mol. The van der Waals surface area contributed by atoms with E-state index in [1.807, 2.05) is 12.3 Å². The number of halogens is 1. The van der Waals surface area contributed by atoms with Crippen LogP contribution in [0.4, 0.5) is 10.6 Å². The van der Waals surface area contributed by atoms with Crippen LogP contribution in [0.25, 0.3) is 5.65 Å². The molecule has 2 N–H and O–H groups in total. The van der Waals surface area contributed by atoms with Crippen molar-refractivity contribution in [1.82, 2.24) is 19.9 Å². The second-order valence-corrected chi connectivity index (χ2v) is 4.91. The van der Waals surface area contributed by atoms with Gasteiger partial charge in [-0.05, 0) is 19.1 Å². The third kappa shape index (κ3) is 3.14. The van der Waals surface area contributed by atoms with Gasteiger partial charge in [0.05, 0.1) is 17.3 Å². The largest absolute Gasteiger partial charge is 0.360 e. The Morgan fingerprint density at radius 1 is 1.43 bits per heavy atom. The molecule has 108 valence electrons. The van der Waals surface area contributed by atoms with Crippen molar-refractivity contribution in [2.75, 3.05) is 5.32 Å². The molecule has 0 radical (unpaired) electrons. The van der Waals surface area contributed by atoms with E-state index in [-0.39, 0.29) is 6.03 Å². The summed E-state index contributed by atoms with van der Waals surface area (Å²) in [4.78, 5) is 16.1. The molecular formula is C13H12ClN5O2. The van der Waals surface area contributed by atoms with Crippen LogP contribution < -0.4 is 10.6 Å². The van der Waals surface area contributed by atoms with Crippen molar-refractivity contribution in [3.8, 4) is 0 Å². The van der Waals surface area contributed by atoms with Crippen molar-refractivity contribution < 1.29 is 9.32 Å². The fourth-order valence-corrected chi connectivity index (χ4v) is 2.03. The van der Waals surface area contributed by atoms with Crippen LogP contribution in [0.15, 0.2) is 35.1 Å². The maximum Gasteiger partial charge on any atom is 0.320 e. The average Bonchev–Trinajstić information content (AvgIpc) is 3.02. The number of carbonyl (C=O) groups is 1. The molecule has 0 unspecified atom stereocenters.